The highest BCUT2D eigenvalue weighted by atomic mass is 16.5. The van der Waals surface area contributed by atoms with Crippen molar-refractivity contribution in [2.24, 2.45) is 11.8 Å². The first-order chi connectivity index (χ1) is 12.2. The van der Waals surface area contributed by atoms with Gasteiger partial charge in [-0.2, -0.15) is 0 Å². The van der Waals surface area contributed by atoms with Gasteiger partial charge in [-0.1, -0.05) is 37.3 Å². The quantitative estimate of drug-likeness (QED) is 0.838. The molecule has 0 aromatic heterocycles. The van der Waals surface area contributed by atoms with Gasteiger partial charge >= 0.3 is 0 Å². The zero-order valence-corrected chi connectivity index (χ0v) is 14.7. The number of rotatable bonds is 6. The van der Waals surface area contributed by atoms with Crippen LogP contribution in [0.2, 0.25) is 0 Å². The molecule has 0 aliphatic carbocycles. The molecular weight excluding hydrogens is 312 g/mol. The molecule has 0 spiro atoms. The van der Waals surface area contributed by atoms with E-state index in [0.717, 1.165) is 30.8 Å². The summed E-state index contributed by atoms with van der Waals surface area (Å²) >= 11 is 0. The van der Waals surface area contributed by atoms with Crippen LogP contribution in [0.5, 0.6) is 0 Å². The standard InChI is InChI=1S/C21H26N2O2/c1-16-15-25-14-12-20(16)21(24)23-19-9-7-18(8-10-19)22-13-11-17-5-3-2-4-6-17/h2-10,16,20,22H,11-15H2,1H3,(H,23,24)/t16-,20+/m1/s1. The van der Waals surface area contributed by atoms with Gasteiger partial charge in [-0.25, -0.2) is 0 Å². The Kier molecular flexibility index (Phi) is 6.07. The molecule has 2 aromatic carbocycles. The molecule has 2 N–H and O–H groups in total. The van der Waals surface area contributed by atoms with E-state index in [0.29, 0.717) is 13.2 Å². The Morgan fingerprint density at radius 1 is 1.08 bits per heavy atom. The molecule has 4 heteroatoms. The summed E-state index contributed by atoms with van der Waals surface area (Å²) in [6.45, 7) is 4.30. The topological polar surface area (TPSA) is 50.4 Å². The first-order valence-electron chi connectivity index (χ1n) is 8.99. The molecule has 1 aliphatic rings. The number of hydrogen-bond acceptors (Lipinski definition) is 3. The van der Waals surface area contributed by atoms with Crippen molar-refractivity contribution < 1.29 is 9.53 Å². The molecule has 2 aromatic rings. The Hall–Kier alpha value is -2.33. The van der Waals surface area contributed by atoms with Crippen molar-refractivity contribution in [1.82, 2.24) is 0 Å². The monoisotopic (exact) mass is 338 g/mol. The van der Waals surface area contributed by atoms with E-state index in [1.54, 1.807) is 0 Å². The molecule has 0 unspecified atom stereocenters. The first-order valence-corrected chi connectivity index (χ1v) is 8.99. The third kappa shape index (κ3) is 5.07. The highest BCUT2D eigenvalue weighted by Crippen LogP contribution is 2.23. The number of carbonyl (C=O) groups is 1. The van der Waals surface area contributed by atoms with Crippen LogP contribution >= 0.6 is 0 Å². The molecule has 132 valence electrons. The van der Waals surface area contributed by atoms with Crippen molar-refractivity contribution in [3.8, 4) is 0 Å². The summed E-state index contributed by atoms with van der Waals surface area (Å²) in [4.78, 5) is 12.4. The summed E-state index contributed by atoms with van der Waals surface area (Å²) < 4.78 is 5.41. The van der Waals surface area contributed by atoms with Crippen LogP contribution in [-0.4, -0.2) is 25.7 Å². The fraction of sp³-hybridized carbons (Fsp3) is 0.381. The van der Waals surface area contributed by atoms with Crippen LogP contribution < -0.4 is 10.6 Å². The Balaban J connectivity index is 1.47. The second kappa shape index (κ2) is 8.67. The highest BCUT2D eigenvalue weighted by Gasteiger charge is 2.28. The zero-order valence-electron chi connectivity index (χ0n) is 14.7. The van der Waals surface area contributed by atoms with Gasteiger partial charge in [0.1, 0.15) is 0 Å². The molecule has 0 bridgehead atoms. The van der Waals surface area contributed by atoms with Crippen molar-refractivity contribution in [2.75, 3.05) is 30.4 Å². The average Bonchev–Trinajstić information content (AvgIpc) is 2.64. The fourth-order valence-corrected chi connectivity index (χ4v) is 3.17. The van der Waals surface area contributed by atoms with Crippen molar-refractivity contribution in [3.63, 3.8) is 0 Å². The van der Waals surface area contributed by atoms with Crippen LogP contribution in [0, 0.1) is 11.8 Å². The summed E-state index contributed by atoms with van der Waals surface area (Å²) in [7, 11) is 0. The molecule has 1 saturated heterocycles. The van der Waals surface area contributed by atoms with Crippen LogP contribution in [0.3, 0.4) is 0 Å². The summed E-state index contributed by atoms with van der Waals surface area (Å²) in [5, 5.41) is 6.44. The zero-order chi connectivity index (χ0) is 17.5. The van der Waals surface area contributed by atoms with Gasteiger partial charge in [0.05, 0.1) is 0 Å². The lowest BCUT2D eigenvalue weighted by atomic mass is 9.89. The van der Waals surface area contributed by atoms with Crippen molar-refractivity contribution in [2.45, 2.75) is 19.8 Å². The molecule has 1 amide bonds. The number of anilines is 2. The van der Waals surface area contributed by atoms with E-state index < -0.39 is 0 Å². The molecule has 1 fully saturated rings. The lowest BCUT2D eigenvalue weighted by molar-refractivity contribution is -0.125. The summed E-state index contributed by atoms with van der Waals surface area (Å²) in [5.74, 6) is 0.408. The van der Waals surface area contributed by atoms with Gasteiger partial charge in [-0.05, 0) is 48.6 Å². The van der Waals surface area contributed by atoms with Gasteiger partial charge in [0.2, 0.25) is 5.91 Å². The van der Waals surface area contributed by atoms with Gasteiger partial charge in [-0.15, -0.1) is 0 Å². The predicted octanol–water partition coefficient (Wildman–Crippen LogP) is 3.95. The average molecular weight is 338 g/mol. The number of hydrogen-bond donors (Lipinski definition) is 2. The fourth-order valence-electron chi connectivity index (χ4n) is 3.17. The third-order valence-corrected chi connectivity index (χ3v) is 4.72. The Morgan fingerprint density at radius 2 is 1.80 bits per heavy atom. The first kappa shape index (κ1) is 17.5. The maximum absolute atomic E-state index is 12.4. The second-order valence-electron chi connectivity index (χ2n) is 6.68. The molecule has 4 nitrogen and oxygen atoms in total. The molecule has 0 radical (unpaired) electrons. The van der Waals surface area contributed by atoms with Crippen LogP contribution in [0.4, 0.5) is 11.4 Å². The number of nitrogens with one attached hydrogen (secondary N) is 2. The van der Waals surface area contributed by atoms with Gasteiger partial charge in [-0.3, -0.25) is 4.79 Å². The molecule has 1 aliphatic heterocycles. The molecule has 1 heterocycles. The normalized spacial score (nSPS) is 20.0. The number of carbonyl (C=O) groups excluding carboxylic acids is 1. The highest BCUT2D eigenvalue weighted by molar-refractivity contribution is 5.92. The third-order valence-electron chi connectivity index (χ3n) is 4.72. The van der Waals surface area contributed by atoms with Crippen molar-refractivity contribution in [1.29, 1.82) is 0 Å². The van der Waals surface area contributed by atoms with E-state index >= 15 is 0 Å². The maximum Gasteiger partial charge on any atom is 0.227 e. The van der Waals surface area contributed by atoms with E-state index in [-0.39, 0.29) is 17.7 Å². The summed E-state index contributed by atoms with van der Waals surface area (Å²) in [6, 6.07) is 18.3. The minimum Gasteiger partial charge on any atom is -0.385 e. The number of benzene rings is 2. The molecule has 0 saturated carbocycles. The Bertz CT molecular complexity index is 670. The van der Waals surface area contributed by atoms with Crippen LogP contribution in [-0.2, 0) is 16.0 Å². The molecular formula is C21H26N2O2. The SMILES string of the molecule is C[C@@H]1COCC[C@@H]1C(=O)Nc1ccc(NCCc2ccccc2)cc1. The van der Waals surface area contributed by atoms with Gasteiger partial charge in [0.15, 0.2) is 0 Å². The predicted molar refractivity (Wildman–Crippen MR) is 102 cm³/mol. The van der Waals surface area contributed by atoms with Gasteiger partial charge < -0.3 is 15.4 Å². The van der Waals surface area contributed by atoms with E-state index in [1.807, 2.05) is 30.3 Å². The van der Waals surface area contributed by atoms with Gasteiger partial charge in [0, 0.05) is 37.1 Å². The second-order valence-corrected chi connectivity index (χ2v) is 6.68. The largest absolute Gasteiger partial charge is 0.385 e. The van der Waals surface area contributed by atoms with E-state index in [2.05, 4.69) is 41.8 Å². The Morgan fingerprint density at radius 3 is 2.52 bits per heavy atom. The lowest BCUT2D eigenvalue weighted by Gasteiger charge is -2.27. The summed E-state index contributed by atoms with van der Waals surface area (Å²) in [5.41, 5.74) is 3.23. The molecule has 2 atom stereocenters. The Labute approximate surface area is 149 Å². The minimum absolute atomic E-state index is 0.0393. The van der Waals surface area contributed by atoms with Crippen LogP contribution in [0.25, 0.3) is 0 Å². The van der Waals surface area contributed by atoms with Crippen LogP contribution in [0.15, 0.2) is 54.6 Å². The van der Waals surface area contributed by atoms with E-state index in [1.165, 1.54) is 5.56 Å². The number of amides is 1. The lowest BCUT2D eigenvalue weighted by Crippen LogP contribution is -2.34. The maximum atomic E-state index is 12.4. The summed E-state index contributed by atoms with van der Waals surface area (Å²) in [6.07, 6.45) is 1.78. The minimum atomic E-state index is 0.0393. The van der Waals surface area contributed by atoms with E-state index in [4.69, 9.17) is 4.74 Å². The van der Waals surface area contributed by atoms with Crippen molar-refractivity contribution in [3.05, 3.63) is 60.2 Å². The smallest absolute Gasteiger partial charge is 0.227 e. The number of ether oxygens (including phenoxy) is 1. The van der Waals surface area contributed by atoms with Crippen LogP contribution in [0.1, 0.15) is 18.9 Å². The van der Waals surface area contributed by atoms with E-state index in [9.17, 15) is 4.79 Å². The molecule has 25 heavy (non-hydrogen) atoms. The molecule has 3 rings (SSSR count). The van der Waals surface area contributed by atoms with Gasteiger partial charge in [0.25, 0.3) is 0 Å². The van der Waals surface area contributed by atoms with Crippen molar-refractivity contribution >= 4 is 17.3 Å².